The second kappa shape index (κ2) is 11.7. The maximum atomic E-state index is 13.1. The molecule has 7 nitrogen and oxygen atoms in total. The molecular weight excluding hydrogens is 396 g/mol. The van der Waals surface area contributed by atoms with Gasteiger partial charge in [-0.25, -0.2) is 0 Å². The summed E-state index contributed by atoms with van der Waals surface area (Å²) in [6, 6.07) is 6.12. The Kier molecular flexibility index (Phi) is 8.74. The van der Waals surface area contributed by atoms with Crippen molar-refractivity contribution < 1.29 is 23.9 Å². The molecule has 7 heteroatoms. The number of nitrogens with one attached hydrogen (secondary N) is 1. The number of amides is 2. The molecule has 1 saturated carbocycles. The van der Waals surface area contributed by atoms with Gasteiger partial charge in [-0.1, -0.05) is 26.2 Å². The molecule has 31 heavy (non-hydrogen) atoms. The van der Waals surface area contributed by atoms with E-state index < -0.39 is 12.0 Å². The quantitative estimate of drug-likeness (QED) is 0.479. The minimum absolute atomic E-state index is 0.0677. The molecule has 2 amide bonds. The van der Waals surface area contributed by atoms with Gasteiger partial charge in [-0.3, -0.25) is 14.4 Å². The van der Waals surface area contributed by atoms with Crippen molar-refractivity contribution in [2.45, 2.75) is 76.9 Å². The number of hydrogen-bond acceptors (Lipinski definition) is 5. The van der Waals surface area contributed by atoms with Gasteiger partial charge in [-0.15, -0.1) is 0 Å². The van der Waals surface area contributed by atoms with Crippen LogP contribution in [0.15, 0.2) is 24.3 Å². The lowest BCUT2D eigenvalue weighted by Gasteiger charge is -2.35. The zero-order valence-corrected chi connectivity index (χ0v) is 18.4. The number of unbranched alkanes of at least 4 members (excludes halogenated alkanes) is 2. The van der Waals surface area contributed by atoms with E-state index in [2.05, 4.69) is 12.2 Å². The molecule has 1 aromatic rings. The third kappa shape index (κ3) is 6.71. The topological polar surface area (TPSA) is 84.9 Å². The highest BCUT2D eigenvalue weighted by Crippen LogP contribution is 2.22. The molecule has 0 radical (unpaired) electrons. The van der Waals surface area contributed by atoms with Crippen LogP contribution in [-0.4, -0.2) is 54.5 Å². The Labute approximate surface area is 184 Å². The molecule has 1 heterocycles. The normalized spacial score (nSPS) is 19.6. The van der Waals surface area contributed by atoms with Crippen molar-refractivity contribution >= 4 is 17.8 Å². The molecule has 2 fully saturated rings. The largest absolute Gasteiger partial charge is 0.494 e. The number of ether oxygens (including phenoxy) is 2. The van der Waals surface area contributed by atoms with Gasteiger partial charge in [0.2, 0.25) is 5.91 Å². The first-order valence-electron chi connectivity index (χ1n) is 11.6. The van der Waals surface area contributed by atoms with Crippen molar-refractivity contribution in [3.63, 3.8) is 0 Å². The van der Waals surface area contributed by atoms with Crippen molar-refractivity contribution in [1.82, 2.24) is 10.2 Å². The highest BCUT2D eigenvalue weighted by atomic mass is 16.5. The van der Waals surface area contributed by atoms with Crippen LogP contribution in [0, 0.1) is 0 Å². The van der Waals surface area contributed by atoms with Crippen LogP contribution in [0.3, 0.4) is 0 Å². The fraction of sp³-hybridized carbons (Fsp3) is 0.625. The molecular formula is C24H34N2O5. The van der Waals surface area contributed by atoms with E-state index in [0.29, 0.717) is 25.3 Å². The van der Waals surface area contributed by atoms with Crippen molar-refractivity contribution in [2.24, 2.45) is 0 Å². The summed E-state index contributed by atoms with van der Waals surface area (Å²) in [4.78, 5) is 39.5. The van der Waals surface area contributed by atoms with E-state index in [-0.39, 0.29) is 24.3 Å². The molecule has 1 N–H and O–H groups in total. The van der Waals surface area contributed by atoms with E-state index in [1.807, 2.05) is 0 Å². The molecule has 2 aliphatic rings. The second-order valence-electron chi connectivity index (χ2n) is 8.34. The van der Waals surface area contributed by atoms with Gasteiger partial charge >= 0.3 is 5.97 Å². The number of benzene rings is 1. The first-order chi connectivity index (χ1) is 15.1. The number of hydrogen-bond donors (Lipinski definition) is 1. The van der Waals surface area contributed by atoms with Gasteiger partial charge in [0.25, 0.3) is 5.91 Å². The Hall–Kier alpha value is -2.57. The number of nitrogens with zero attached hydrogens (tertiary/aromatic N) is 1. The van der Waals surface area contributed by atoms with Crippen molar-refractivity contribution in [3.8, 4) is 5.75 Å². The van der Waals surface area contributed by atoms with E-state index >= 15 is 0 Å². The van der Waals surface area contributed by atoms with Gasteiger partial charge in [0.05, 0.1) is 13.0 Å². The summed E-state index contributed by atoms with van der Waals surface area (Å²) in [6.45, 7) is 3.53. The van der Waals surface area contributed by atoms with Crippen LogP contribution in [0.2, 0.25) is 0 Å². The van der Waals surface area contributed by atoms with Crippen molar-refractivity contribution in [2.75, 3.05) is 19.7 Å². The fourth-order valence-electron chi connectivity index (χ4n) is 4.14. The number of carbonyl (C=O) groups is 3. The van der Waals surface area contributed by atoms with E-state index in [1.54, 1.807) is 24.3 Å². The predicted molar refractivity (Wildman–Crippen MR) is 117 cm³/mol. The molecule has 1 aliphatic carbocycles. The zero-order chi connectivity index (χ0) is 22.1. The van der Waals surface area contributed by atoms with Gasteiger partial charge in [0.15, 0.2) is 0 Å². The third-order valence-electron chi connectivity index (χ3n) is 5.92. The van der Waals surface area contributed by atoms with Crippen LogP contribution in [-0.2, 0) is 14.3 Å². The van der Waals surface area contributed by atoms with Crippen LogP contribution in [0.1, 0.15) is 75.1 Å². The van der Waals surface area contributed by atoms with Crippen LogP contribution >= 0.6 is 0 Å². The van der Waals surface area contributed by atoms with Gasteiger partial charge in [-0.05, 0) is 56.4 Å². The van der Waals surface area contributed by atoms with Crippen LogP contribution < -0.4 is 10.1 Å². The number of carbonyl (C=O) groups excluding carboxylic acids is 3. The predicted octanol–water partition coefficient (Wildman–Crippen LogP) is 3.46. The molecule has 1 saturated heterocycles. The number of piperazine rings is 1. The van der Waals surface area contributed by atoms with E-state index in [9.17, 15) is 14.4 Å². The fourth-order valence-corrected chi connectivity index (χ4v) is 4.14. The average molecular weight is 431 g/mol. The Morgan fingerprint density at radius 1 is 1.10 bits per heavy atom. The molecule has 0 spiro atoms. The molecule has 170 valence electrons. The van der Waals surface area contributed by atoms with Crippen molar-refractivity contribution in [3.05, 3.63) is 29.8 Å². The Balaban J connectivity index is 1.59. The van der Waals surface area contributed by atoms with Gasteiger partial charge in [0.1, 0.15) is 17.9 Å². The van der Waals surface area contributed by atoms with E-state index in [4.69, 9.17) is 9.47 Å². The Morgan fingerprint density at radius 3 is 2.55 bits per heavy atom. The lowest BCUT2D eigenvalue weighted by molar-refractivity contribution is -0.153. The monoisotopic (exact) mass is 430 g/mol. The van der Waals surface area contributed by atoms with Crippen molar-refractivity contribution in [1.29, 1.82) is 0 Å². The first kappa shape index (κ1) is 23.1. The van der Waals surface area contributed by atoms with E-state index in [0.717, 1.165) is 50.7 Å². The summed E-state index contributed by atoms with van der Waals surface area (Å²) in [7, 11) is 0. The third-order valence-corrected chi connectivity index (χ3v) is 5.92. The second-order valence-corrected chi connectivity index (χ2v) is 8.34. The summed E-state index contributed by atoms with van der Waals surface area (Å²) in [6.07, 6.45) is 8.11. The smallest absolute Gasteiger partial charge is 0.308 e. The number of esters is 1. The van der Waals surface area contributed by atoms with Crippen LogP contribution in [0.5, 0.6) is 5.75 Å². The van der Waals surface area contributed by atoms with Crippen LogP contribution in [0.25, 0.3) is 0 Å². The van der Waals surface area contributed by atoms with Gasteiger partial charge < -0.3 is 19.7 Å². The highest BCUT2D eigenvalue weighted by Gasteiger charge is 2.36. The summed E-state index contributed by atoms with van der Waals surface area (Å²) < 4.78 is 11.3. The van der Waals surface area contributed by atoms with Crippen LogP contribution in [0.4, 0.5) is 0 Å². The Bertz CT molecular complexity index is 743. The molecule has 1 aliphatic heterocycles. The molecule has 1 aromatic carbocycles. The number of rotatable bonds is 9. The van der Waals surface area contributed by atoms with E-state index in [1.165, 1.54) is 11.3 Å². The first-order valence-corrected chi connectivity index (χ1v) is 11.6. The standard InChI is InChI=1S/C24H34N2O5/c1-2-3-7-16-30-19-12-10-18(11-13-19)24(29)26-15-14-25-23(28)21(26)17-22(27)31-20-8-5-4-6-9-20/h10-13,20-21H,2-9,14-17H2,1H3,(H,25,28)/t21-/m0/s1. The molecule has 0 unspecified atom stereocenters. The summed E-state index contributed by atoms with van der Waals surface area (Å²) in [5.74, 6) is -0.266. The Morgan fingerprint density at radius 2 is 1.84 bits per heavy atom. The average Bonchev–Trinajstić information content (AvgIpc) is 2.79. The molecule has 0 aromatic heterocycles. The summed E-state index contributed by atoms with van der Waals surface area (Å²) >= 11 is 0. The van der Waals surface area contributed by atoms with Gasteiger partial charge in [-0.2, -0.15) is 0 Å². The lowest BCUT2D eigenvalue weighted by atomic mass is 9.98. The highest BCUT2D eigenvalue weighted by molar-refractivity contribution is 5.99. The molecule has 0 bridgehead atoms. The molecule has 1 atom stereocenters. The minimum atomic E-state index is -0.845. The lowest BCUT2D eigenvalue weighted by Crippen LogP contribution is -2.58. The molecule has 3 rings (SSSR count). The summed E-state index contributed by atoms with van der Waals surface area (Å²) in [5, 5.41) is 2.76. The van der Waals surface area contributed by atoms with Gasteiger partial charge in [0, 0.05) is 18.7 Å². The maximum absolute atomic E-state index is 13.1. The maximum Gasteiger partial charge on any atom is 0.308 e. The minimum Gasteiger partial charge on any atom is -0.494 e. The SMILES string of the molecule is CCCCCOc1ccc(C(=O)N2CCNC(=O)[C@@H]2CC(=O)OC2CCCCC2)cc1. The zero-order valence-electron chi connectivity index (χ0n) is 18.4. The summed E-state index contributed by atoms with van der Waals surface area (Å²) in [5.41, 5.74) is 0.473.